The van der Waals surface area contributed by atoms with E-state index in [1.54, 1.807) is 0 Å². The number of rotatable bonds is 3. The Morgan fingerprint density at radius 2 is 1.84 bits per heavy atom. The molecule has 1 unspecified atom stereocenters. The molecule has 1 spiro atoms. The van der Waals surface area contributed by atoms with Crippen molar-refractivity contribution >= 4 is 23.4 Å². The van der Waals surface area contributed by atoms with Crippen molar-refractivity contribution in [3.05, 3.63) is 30.1 Å². The maximum Gasteiger partial charge on any atom is 0.191 e. The lowest BCUT2D eigenvalue weighted by atomic mass is 9.96. The first-order chi connectivity index (χ1) is 12.2. The van der Waals surface area contributed by atoms with E-state index in [-0.39, 0.29) is 5.82 Å². The van der Waals surface area contributed by atoms with Gasteiger partial charge >= 0.3 is 0 Å². The van der Waals surface area contributed by atoms with Crippen molar-refractivity contribution in [3.63, 3.8) is 0 Å². The fourth-order valence-corrected chi connectivity index (χ4v) is 5.54. The molecule has 1 atom stereocenters. The summed E-state index contributed by atoms with van der Waals surface area (Å²) < 4.78 is 13.0. The highest BCUT2D eigenvalue weighted by Crippen LogP contribution is 2.60. The van der Waals surface area contributed by atoms with E-state index in [0.717, 1.165) is 44.3 Å². The van der Waals surface area contributed by atoms with Gasteiger partial charge in [0, 0.05) is 38.4 Å². The molecule has 0 amide bonds. The summed E-state index contributed by atoms with van der Waals surface area (Å²) in [6, 6.07) is 6.73. The number of nitrogens with zero attached hydrogens (tertiary/aromatic N) is 3. The van der Waals surface area contributed by atoms with Crippen molar-refractivity contribution < 1.29 is 4.39 Å². The second-order valence-corrected chi connectivity index (χ2v) is 8.75. The average Bonchev–Trinajstić information content (AvgIpc) is 3.32. The molecule has 1 aromatic carbocycles. The van der Waals surface area contributed by atoms with Crippen molar-refractivity contribution in [2.45, 2.75) is 19.3 Å². The van der Waals surface area contributed by atoms with Crippen LogP contribution >= 0.6 is 11.8 Å². The highest BCUT2D eigenvalue weighted by molar-refractivity contribution is 7.99. The van der Waals surface area contributed by atoms with Crippen LogP contribution in [-0.2, 0) is 0 Å². The molecule has 4 nitrogen and oxygen atoms in total. The molecule has 2 saturated heterocycles. The lowest BCUT2D eigenvalue weighted by Gasteiger charge is -2.36. The highest BCUT2D eigenvalue weighted by atomic mass is 32.2. The van der Waals surface area contributed by atoms with Gasteiger partial charge in [0.05, 0.1) is 0 Å². The Labute approximate surface area is 153 Å². The van der Waals surface area contributed by atoms with Gasteiger partial charge in [-0.3, -0.25) is 4.99 Å². The molecule has 2 N–H and O–H groups in total. The van der Waals surface area contributed by atoms with Gasteiger partial charge < -0.3 is 15.5 Å². The topological polar surface area (TPSA) is 44.9 Å². The van der Waals surface area contributed by atoms with Gasteiger partial charge in [-0.1, -0.05) is 0 Å². The number of piperazine rings is 1. The van der Waals surface area contributed by atoms with Crippen LogP contribution in [0.3, 0.4) is 0 Å². The Hall–Kier alpha value is -1.43. The van der Waals surface area contributed by atoms with E-state index in [9.17, 15) is 4.39 Å². The lowest BCUT2D eigenvalue weighted by Crippen LogP contribution is -2.51. The third kappa shape index (κ3) is 3.73. The third-order valence-corrected chi connectivity index (χ3v) is 7.10. The molecule has 3 fully saturated rings. The second-order valence-electron chi connectivity index (χ2n) is 7.53. The molecule has 25 heavy (non-hydrogen) atoms. The van der Waals surface area contributed by atoms with E-state index < -0.39 is 0 Å². The van der Waals surface area contributed by atoms with Gasteiger partial charge in [-0.2, -0.15) is 11.8 Å². The molecule has 3 aliphatic rings. The van der Waals surface area contributed by atoms with Gasteiger partial charge in [-0.15, -0.1) is 0 Å². The predicted molar refractivity (Wildman–Crippen MR) is 104 cm³/mol. The quantitative estimate of drug-likeness (QED) is 0.663. The number of aliphatic imine (C=N–C) groups is 1. The summed E-state index contributed by atoms with van der Waals surface area (Å²) in [6.07, 6.45) is 4.09. The maximum absolute atomic E-state index is 13.0. The summed E-state index contributed by atoms with van der Waals surface area (Å²) in [5.41, 5.74) is 7.93. The summed E-state index contributed by atoms with van der Waals surface area (Å²) in [5.74, 6) is 3.91. The Morgan fingerprint density at radius 3 is 2.52 bits per heavy atom. The van der Waals surface area contributed by atoms with E-state index in [1.807, 2.05) is 12.1 Å². The molecule has 2 heterocycles. The van der Waals surface area contributed by atoms with Crippen molar-refractivity contribution in [1.29, 1.82) is 0 Å². The van der Waals surface area contributed by atoms with Crippen molar-refractivity contribution in [2.75, 3.05) is 49.1 Å². The zero-order valence-electron chi connectivity index (χ0n) is 14.7. The fraction of sp³-hybridized carbons (Fsp3) is 0.632. The third-order valence-electron chi connectivity index (χ3n) is 6.12. The van der Waals surface area contributed by atoms with Crippen LogP contribution in [-0.4, -0.2) is 55.1 Å². The van der Waals surface area contributed by atoms with Gasteiger partial charge in [0.2, 0.25) is 0 Å². The fourth-order valence-electron chi connectivity index (χ4n) is 4.23. The van der Waals surface area contributed by atoms with Crippen LogP contribution in [0.4, 0.5) is 10.1 Å². The number of halogens is 1. The molecular weight excluding hydrogens is 335 g/mol. The molecule has 1 aromatic rings. The molecule has 1 aliphatic carbocycles. The minimum absolute atomic E-state index is 0.187. The molecule has 6 heteroatoms. The van der Waals surface area contributed by atoms with Crippen LogP contribution in [0.2, 0.25) is 0 Å². The number of benzene rings is 1. The largest absolute Gasteiger partial charge is 0.370 e. The van der Waals surface area contributed by atoms with Gasteiger partial charge in [0.1, 0.15) is 5.82 Å². The van der Waals surface area contributed by atoms with Gasteiger partial charge in [-0.05, 0) is 66.4 Å². The number of thioether (sulfide) groups is 1. The summed E-state index contributed by atoms with van der Waals surface area (Å²) >= 11 is 2.09. The molecule has 0 aromatic heterocycles. The summed E-state index contributed by atoms with van der Waals surface area (Å²) in [6.45, 7) is 4.44. The second kappa shape index (κ2) is 7.06. The first-order valence-corrected chi connectivity index (χ1v) is 10.4. The predicted octanol–water partition coefficient (Wildman–Crippen LogP) is 2.80. The minimum atomic E-state index is -0.187. The van der Waals surface area contributed by atoms with Crippen LogP contribution in [0.25, 0.3) is 0 Å². The summed E-state index contributed by atoms with van der Waals surface area (Å²) in [7, 11) is 0. The first kappa shape index (κ1) is 17.0. The van der Waals surface area contributed by atoms with Gasteiger partial charge in [0.25, 0.3) is 0 Å². The van der Waals surface area contributed by atoms with E-state index in [1.165, 1.54) is 42.9 Å². The van der Waals surface area contributed by atoms with E-state index in [4.69, 9.17) is 10.7 Å². The molecule has 136 valence electrons. The van der Waals surface area contributed by atoms with Gasteiger partial charge in [-0.25, -0.2) is 4.39 Å². The van der Waals surface area contributed by atoms with Crippen LogP contribution < -0.4 is 10.6 Å². The van der Waals surface area contributed by atoms with Crippen LogP contribution in [0, 0.1) is 17.2 Å². The lowest BCUT2D eigenvalue weighted by molar-refractivity contribution is 0.378. The zero-order chi connectivity index (χ0) is 17.3. The van der Waals surface area contributed by atoms with E-state index >= 15 is 0 Å². The molecule has 1 saturated carbocycles. The normalized spacial score (nSPS) is 26.1. The molecule has 0 radical (unpaired) electrons. The number of hydrogen-bond donors (Lipinski definition) is 1. The average molecular weight is 363 g/mol. The summed E-state index contributed by atoms with van der Waals surface area (Å²) in [5, 5.41) is 0. The molecular formula is C19H27FN4S. The molecule has 2 aliphatic heterocycles. The van der Waals surface area contributed by atoms with Crippen molar-refractivity contribution in [2.24, 2.45) is 22.1 Å². The number of anilines is 1. The molecule has 0 bridgehead atoms. The first-order valence-electron chi connectivity index (χ1n) is 9.29. The van der Waals surface area contributed by atoms with E-state index in [0.29, 0.717) is 11.4 Å². The Kier molecular flexibility index (Phi) is 4.80. The Balaban J connectivity index is 1.26. The Bertz CT molecular complexity index is 619. The van der Waals surface area contributed by atoms with E-state index in [2.05, 4.69) is 21.6 Å². The maximum atomic E-state index is 13.0. The molecule has 4 rings (SSSR count). The van der Waals surface area contributed by atoms with Crippen molar-refractivity contribution in [3.8, 4) is 0 Å². The minimum Gasteiger partial charge on any atom is -0.370 e. The van der Waals surface area contributed by atoms with Gasteiger partial charge in [0.15, 0.2) is 5.96 Å². The Morgan fingerprint density at radius 1 is 1.16 bits per heavy atom. The SMILES string of the molecule is NC(=NCC1CC12CCSCC2)N1CCN(c2ccc(F)cc2)CC1. The van der Waals surface area contributed by atoms with Crippen LogP contribution in [0.15, 0.2) is 29.3 Å². The highest BCUT2D eigenvalue weighted by Gasteiger charge is 2.53. The zero-order valence-corrected chi connectivity index (χ0v) is 15.5. The number of hydrogen-bond acceptors (Lipinski definition) is 3. The summed E-state index contributed by atoms with van der Waals surface area (Å²) in [4.78, 5) is 9.18. The van der Waals surface area contributed by atoms with Crippen molar-refractivity contribution in [1.82, 2.24) is 4.90 Å². The smallest absolute Gasteiger partial charge is 0.191 e. The van der Waals surface area contributed by atoms with Crippen LogP contribution in [0.1, 0.15) is 19.3 Å². The van der Waals surface area contributed by atoms with Crippen LogP contribution in [0.5, 0.6) is 0 Å². The number of nitrogens with two attached hydrogens (primary N) is 1. The standard InChI is InChI=1S/C19H27FN4S/c20-16-1-3-17(4-2-16)23-7-9-24(10-8-23)18(21)22-14-15-13-19(15)5-11-25-12-6-19/h1-4,15H,5-14H2,(H2,21,22). The number of guanidine groups is 1. The monoisotopic (exact) mass is 362 g/mol.